The van der Waals surface area contributed by atoms with Crippen LogP contribution in [0, 0.1) is 6.92 Å². The second-order valence-corrected chi connectivity index (χ2v) is 7.99. The summed E-state index contributed by atoms with van der Waals surface area (Å²) < 4.78 is 2.25. The van der Waals surface area contributed by atoms with Crippen molar-refractivity contribution in [3.05, 3.63) is 30.1 Å². The van der Waals surface area contributed by atoms with Crippen molar-refractivity contribution in [2.45, 2.75) is 71.4 Å². The highest BCUT2D eigenvalue weighted by molar-refractivity contribution is 14.0. The van der Waals surface area contributed by atoms with Gasteiger partial charge in [-0.25, -0.2) is 4.98 Å². The highest BCUT2D eigenvalue weighted by Crippen LogP contribution is 2.17. The first kappa shape index (κ1) is 25.4. The van der Waals surface area contributed by atoms with Gasteiger partial charge in [-0.2, -0.15) is 0 Å². The molecule has 1 fully saturated rings. The molecule has 0 saturated heterocycles. The molecule has 172 valence electrons. The number of amides is 1. The lowest BCUT2D eigenvalue weighted by molar-refractivity contribution is -0.121. The van der Waals surface area contributed by atoms with E-state index in [4.69, 9.17) is 0 Å². The van der Waals surface area contributed by atoms with Crippen LogP contribution in [0.2, 0.25) is 0 Å². The zero-order chi connectivity index (χ0) is 21.2. The quantitative estimate of drug-likeness (QED) is 0.196. The van der Waals surface area contributed by atoms with E-state index in [1.165, 1.54) is 24.8 Å². The number of benzene rings is 1. The Morgan fingerprint density at radius 1 is 1.19 bits per heavy atom. The van der Waals surface area contributed by atoms with Crippen LogP contribution in [0.15, 0.2) is 29.3 Å². The molecule has 2 aromatic rings. The Morgan fingerprint density at radius 2 is 1.97 bits per heavy atom. The third kappa shape index (κ3) is 7.97. The summed E-state index contributed by atoms with van der Waals surface area (Å²) in [6, 6.07) is 8.61. The topological polar surface area (TPSA) is 83.3 Å². The monoisotopic (exact) mass is 540 g/mol. The predicted molar refractivity (Wildman–Crippen MR) is 138 cm³/mol. The largest absolute Gasteiger partial charge is 0.357 e. The molecule has 1 aliphatic rings. The maximum Gasteiger partial charge on any atom is 0.221 e. The number of aliphatic imine (C=N–C) groups is 1. The van der Waals surface area contributed by atoms with E-state index in [2.05, 4.69) is 48.7 Å². The number of carbonyl (C=O) groups is 1. The van der Waals surface area contributed by atoms with Gasteiger partial charge in [0.1, 0.15) is 5.82 Å². The van der Waals surface area contributed by atoms with Gasteiger partial charge in [0.25, 0.3) is 0 Å². The van der Waals surface area contributed by atoms with Crippen molar-refractivity contribution in [3.63, 3.8) is 0 Å². The second-order valence-electron chi connectivity index (χ2n) is 7.99. The lowest BCUT2D eigenvalue weighted by Gasteiger charge is -2.22. The Labute approximate surface area is 202 Å². The number of hydrogen-bond donors (Lipinski definition) is 3. The van der Waals surface area contributed by atoms with Gasteiger partial charge in [0.2, 0.25) is 5.91 Å². The summed E-state index contributed by atoms with van der Waals surface area (Å²) in [6.45, 7) is 7.09. The molecule has 1 aromatic carbocycles. The minimum Gasteiger partial charge on any atom is -0.357 e. The van der Waals surface area contributed by atoms with Gasteiger partial charge in [0, 0.05) is 38.6 Å². The van der Waals surface area contributed by atoms with Crippen molar-refractivity contribution in [2.75, 3.05) is 19.6 Å². The molecule has 7 nitrogen and oxygen atoms in total. The Morgan fingerprint density at radius 3 is 2.74 bits per heavy atom. The molecule has 1 aliphatic carbocycles. The van der Waals surface area contributed by atoms with E-state index in [0.717, 1.165) is 56.2 Å². The van der Waals surface area contributed by atoms with Crippen molar-refractivity contribution in [3.8, 4) is 0 Å². The van der Waals surface area contributed by atoms with Gasteiger partial charge < -0.3 is 20.5 Å². The van der Waals surface area contributed by atoms with Crippen LogP contribution in [-0.4, -0.2) is 47.1 Å². The summed E-state index contributed by atoms with van der Waals surface area (Å²) in [6.07, 6.45) is 7.40. The van der Waals surface area contributed by atoms with E-state index >= 15 is 0 Å². The van der Waals surface area contributed by atoms with Gasteiger partial charge >= 0.3 is 0 Å². The molecule has 0 bridgehead atoms. The summed E-state index contributed by atoms with van der Waals surface area (Å²) in [4.78, 5) is 21.4. The van der Waals surface area contributed by atoms with Crippen LogP contribution in [0.25, 0.3) is 11.0 Å². The number of halogens is 1. The fourth-order valence-corrected chi connectivity index (χ4v) is 4.08. The average Bonchev–Trinajstić information content (AvgIpc) is 3.07. The van der Waals surface area contributed by atoms with Crippen LogP contribution in [0.3, 0.4) is 0 Å². The van der Waals surface area contributed by atoms with E-state index in [1.807, 2.05) is 19.9 Å². The number of nitrogens with zero attached hydrogens (tertiary/aromatic N) is 3. The van der Waals surface area contributed by atoms with E-state index in [1.54, 1.807) is 0 Å². The van der Waals surface area contributed by atoms with Crippen molar-refractivity contribution < 1.29 is 4.79 Å². The summed E-state index contributed by atoms with van der Waals surface area (Å²) in [5, 5.41) is 9.71. The van der Waals surface area contributed by atoms with Crippen molar-refractivity contribution in [1.82, 2.24) is 25.5 Å². The number of aryl methyl sites for hydroxylation is 2. The highest BCUT2D eigenvalue weighted by Gasteiger charge is 2.15. The predicted octanol–water partition coefficient (Wildman–Crippen LogP) is 3.75. The lowest BCUT2D eigenvalue weighted by Crippen LogP contribution is -2.41. The first-order chi connectivity index (χ1) is 14.7. The number of aromatic nitrogens is 2. The van der Waals surface area contributed by atoms with Gasteiger partial charge in [-0.3, -0.25) is 9.79 Å². The second kappa shape index (κ2) is 13.5. The molecule has 1 saturated carbocycles. The normalized spacial score (nSPS) is 14.8. The molecule has 8 heteroatoms. The fourth-order valence-electron chi connectivity index (χ4n) is 4.08. The van der Waals surface area contributed by atoms with E-state index in [0.29, 0.717) is 19.0 Å². The van der Waals surface area contributed by atoms with Crippen LogP contribution in [-0.2, 0) is 11.3 Å². The number of nitrogens with one attached hydrogen (secondary N) is 3. The summed E-state index contributed by atoms with van der Waals surface area (Å²) in [7, 11) is 0. The van der Waals surface area contributed by atoms with Crippen molar-refractivity contribution >= 4 is 46.9 Å². The van der Waals surface area contributed by atoms with Crippen LogP contribution < -0.4 is 16.0 Å². The number of para-hydroxylation sites is 2. The summed E-state index contributed by atoms with van der Waals surface area (Å²) in [5.74, 6) is 1.94. The minimum atomic E-state index is 0. The standard InChI is InChI=1S/C23H36N6O.HI/c1-3-24-23(26-16-14-22(30)28-19-10-5-4-6-11-19)25-15-9-17-29-18(2)27-20-12-7-8-13-21(20)29;/h7-8,12-13,19H,3-6,9-11,14-17H2,1-2H3,(H,28,30)(H2,24,25,26);1H. The van der Waals surface area contributed by atoms with Crippen molar-refractivity contribution in [1.29, 1.82) is 0 Å². The van der Waals surface area contributed by atoms with Gasteiger partial charge in [-0.05, 0) is 45.2 Å². The van der Waals surface area contributed by atoms with Gasteiger partial charge in [0.05, 0.1) is 11.0 Å². The maximum absolute atomic E-state index is 12.2. The molecular formula is C23H37IN6O. The Kier molecular flexibility index (Phi) is 11.1. The van der Waals surface area contributed by atoms with Crippen LogP contribution in [0.4, 0.5) is 0 Å². The lowest BCUT2D eigenvalue weighted by atomic mass is 9.95. The highest BCUT2D eigenvalue weighted by atomic mass is 127. The molecule has 0 radical (unpaired) electrons. The molecule has 0 spiro atoms. The Bertz CT molecular complexity index is 844. The number of guanidine groups is 1. The van der Waals surface area contributed by atoms with Gasteiger partial charge in [-0.1, -0.05) is 31.4 Å². The first-order valence-corrected chi connectivity index (χ1v) is 11.4. The molecule has 0 aliphatic heterocycles. The average molecular weight is 540 g/mol. The van der Waals surface area contributed by atoms with E-state index in [-0.39, 0.29) is 29.9 Å². The first-order valence-electron chi connectivity index (χ1n) is 11.4. The molecule has 1 amide bonds. The van der Waals surface area contributed by atoms with Gasteiger partial charge in [-0.15, -0.1) is 24.0 Å². The third-order valence-electron chi connectivity index (χ3n) is 5.61. The minimum absolute atomic E-state index is 0. The third-order valence-corrected chi connectivity index (χ3v) is 5.61. The molecule has 1 aromatic heterocycles. The van der Waals surface area contributed by atoms with Crippen LogP contribution in [0.5, 0.6) is 0 Å². The molecule has 3 N–H and O–H groups in total. The molecule has 0 atom stereocenters. The zero-order valence-corrected chi connectivity index (χ0v) is 21.2. The number of hydrogen-bond acceptors (Lipinski definition) is 3. The van der Waals surface area contributed by atoms with E-state index in [9.17, 15) is 4.79 Å². The number of rotatable bonds is 9. The summed E-state index contributed by atoms with van der Waals surface area (Å²) in [5.41, 5.74) is 2.22. The van der Waals surface area contributed by atoms with Gasteiger partial charge in [0.15, 0.2) is 5.96 Å². The number of carbonyl (C=O) groups excluding carboxylic acids is 1. The van der Waals surface area contributed by atoms with Crippen LogP contribution in [0.1, 0.15) is 57.7 Å². The fraction of sp³-hybridized carbons (Fsp3) is 0.609. The van der Waals surface area contributed by atoms with Crippen molar-refractivity contribution in [2.24, 2.45) is 4.99 Å². The van der Waals surface area contributed by atoms with E-state index < -0.39 is 0 Å². The number of imidazole rings is 1. The van der Waals surface area contributed by atoms with Crippen LogP contribution >= 0.6 is 24.0 Å². The smallest absolute Gasteiger partial charge is 0.221 e. The molecule has 3 rings (SSSR count). The molecular weight excluding hydrogens is 503 g/mol. The zero-order valence-electron chi connectivity index (χ0n) is 18.8. The molecule has 1 heterocycles. The number of fused-ring (bicyclic) bond motifs is 1. The molecule has 31 heavy (non-hydrogen) atoms. The maximum atomic E-state index is 12.2. The Hall–Kier alpha value is -1.84. The molecule has 0 unspecified atom stereocenters. The SMILES string of the molecule is CCNC(=NCCCn1c(C)nc2ccccc21)NCCC(=O)NC1CCCCC1.I. The summed E-state index contributed by atoms with van der Waals surface area (Å²) >= 11 is 0. The Balaban J connectivity index is 0.00000341.